The van der Waals surface area contributed by atoms with Crippen LogP contribution in [0.3, 0.4) is 0 Å². The van der Waals surface area contributed by atoms with E-state index in [0.29, 0.717) is 24.8 Å². The molecule has 0 heterocycles. The van der Waals surface area contributed by atoms with Crippen LogP contribution in [0.25, 0.3) is 0 Å². The monoisotopic (exact) mass is 289 g/mol. The van der Waals surface area contributed by atoms with Crippen molar-refractivity contribution in [1.29, 1.82) is 0 Å². The molecule has 0 aliphatic carbocycles. The normalized spacial score (nSPS) is 12.6. The maximum Gasteiger partial charge on any atom is 0.124 e. The number of rotatable bonds is 9. The number of methoxy groups -OCH3 is 1. The summed E-state index contributed by atoms with van der Waals surface area (Å²) in [5.74, 6) is -0.313. The molecule has 1 aromatic rings. The Morgan fingerprint density at radius 2 is 2.11 bits per heavy atom. The molecule has 19 heavy (non-hydrogen) atoms. The molecule has 0 amide bonds. The summed E-state index contributed by atoms with van der Waals surface area (Å²) in [5, 5.41) is 3.79. The standard InChI is InChI=1S/C14H21ClFNO2/c1-11(13-5-4-12(16)10-14(13)15)17-6-3-7-19-9-8-18-2/h4-5,10-11,17H,3,6-9H2,1-2H3. The van der Waals surface area contributed by atoms with E-state index in [1.54, 1.807) is 13.2 Å². The van der Waals surface area contributed by atoms with E-state index in [2.05, 4.69) is 5.32 Å². The molecule has 0 aromatic heterocycles. The Morgan fingerprint density at radius 1 is 1.32 bits per heavy atom. The molecule has 1 atom stereocenters. The van der Waals surface area contributed by atoms with E-state index in [9.17, 15) is 4.39 Å². The van der Waals surface area contributed by atoms with Crippen molar-refractivity contribution in [3.8, 4) is 0 Å². The van der Waals surface area contributed by atoms with Gasteiger partial charge in [-0.1, -0.05) is 17.7 Å². The average molecular weight is 290 g/mol. The van der Waals surface area contributed by atoms with Crippen molar-refractivity contribution >= 4 is 11.6 Å². The van der Waals surface area contributed by atoms with E-state index in [4.69, 9.17) is 21.1 Å². The molecule has 3 nitrogen and oxygen atoms in total. The van der Waals surface area contributed by atoms with Crippen LogP contribution in [0.2, 0.25) is 5.02 Å². The lowest BCUT2D eigenvalue weighted by molar-refractivity contribution is 0.0693. The fraction of sp³-hybridized carbons (Fsp3) is 0.571. The first-order valence-corrected chi connectivity index (χ1v) is 6.78. The quantitative estimate of drug-likeness (QED) is 0.708. The molecule has 0 fully saturated rings. The number of ether oxygens (including phenoxy) is 2. The van der Waals surface area contributed by atoms with Crippen LogP contribution in [0.4, 0.5) is 4.39 Å². The minimum absolute atomic E-state index is 0.0899. The summed E-state index contributed by atoms with van der Waals surface area (Å²) in [7, 11) is 1.65. The largest absolute Gasteiger partial charge is 0.382 e. The molecular formula is C14H21ClFNO2. The van der Waals surface area contributed by atoms with Crippen LogP contribution >= 0.6 is 11.6 Å². The summed E-state index contributed by atoms with van der Waals surface area (Å²) in [6.45, 7) is 4.76. The third-order valence-electron chi connectivity index (χ3n) is 2.78. The van der Waals surface area contributed by atoms with Crippen molar-refractivity contribution in [3.63, 3.8) is 0 Å². The Balaban J connectivity index is 2.22. The molecule has 1 N–H and O–H groups in total. The second-order valence-electron chi connectivity index (χ2n) is 4.30. The van der Waals surface area contributed by atoms with E-state index in [-0.39, 0.29) is 11.9 Å². The molecule has 0 radical (unpaired) electrons. The van der Waals surface area contributed by atoms with Gasteiger partial charge in [-0.25, -0.2) is 4.39 Å². The van der Waals surface area contributed by atoms with Crippen LogP contribution in [0.5, 0.6) is 0 Å². The van der Waals surface area contributed by atoms with Gasteiger partial charge in [0.15, 0.2) is 0 Å². The number of benzene rings is 1. The fourth-order valence-electron chi connectivity index (χ4n) is 1.70. The first-order chi connectivity index (χ1) is 9.15. The summed E-state index contributed by atoms with van der Waals surface area (Å²) >= 11 is 6.00. The molecule has 1 aromatic carbocycles. The molecule has 0 aliphatic heterocycles. The van der Waals surface area contributed by atoms with Gasteiger partial charge in [0.2, 0.25) is 0 Å². The minimum atomic E-state index is -0.313. The Labute approximate surface area is 119 Å². The molecule has 1 rings (SSSR count). The summed E-state index contributed by atoms with van der Waals surface area (Å²) in [4.78, 5) is 0. The van der Waals surface area contributed by atoms with Crippen molar-refractivity contribution in [1.82, 2.24) is 5.32 Å². The summed E-state index contributed by atoms with van der Waals surface area (Å²) in [6, 6.07) is 4.56. The van der Waals surface area contributed by atoms with E-state index in [1.165, 1.54) is 12.1 Å². The summed E-state index contributed by atoms with van der Waals surface area (Å²) in [5.41, 5.74) is 0.906. The first kappa shape index (κ1) is 16.4. The lowest BCUT2D eigenvalue weighted by Gasteiger charge is -2.15. The predicted octanol–water partition coefficient (Wildman–Crippen LogP) is 3.18. The predicted molar refractivity (Wildman–Crippen MR) is 75.1 cm³/mol. The highest BCUT2D eigenvalue weighted by Crippen LogP contribution is 2.23. The second kappa shape index (κ2) is 9.26. The Morgan fingerprint density at radius 3 is 2.79 bits per heavy atom. The number of nitrogens with one attached hydrogen (secondary N) is 1. The number of hydrogen-bond acceptors (Lipinski definition) is 3. The third-order valence-corrected chi connectivity index (χ3v) is 3.10. The van der Waals surface area contributed by atoms with Gasteiger partial charge < -0.3 is 14.8 Å². The minimum Gasteiger partial charge on any atom is -0.382 e. The van der Waals surface area contributed by atoms with Crippen LogP contribution in [0.1, 0.15) is 24.9 Å². The molecule has 108 valence electrons. The van der Waals surface area contributed by atoms with Crippen molar-refractivity contribution < 1.29 is 13.9 Å². The molecule has 0 saturated heterocycles. The van der Waals surface area contributed by atoms with Crippen LogP contribution in [0.15, 0.2) is 18.2 Å². The lowest BCUT2D eigenvalue weighted by Crippen LogP contribution is -2.21. The van der Waals surface area contributed by atoms with E-state index < -0.39 is 0 Å². The highest BCUT2D eigenvalue weighted by Gasteiger charge is 2.09. The van der Waals surface area contributed by atoms with Crippen LogP contribution < -0.4 is 5.32 Å². The van der Waals surface area contributed by atoms with E-state index in [0.717, 1.165) is 18.5 Å². The van der Waals surface area contributed by atoms with Crippen molar-refractivity contribution in [2.24, 2.45) is 0 Å². The van der Waals surface area contributed by atoms with Crippen LogP contribution in [0, 0.1) is 5.82 Å². The summed E-state index contributed by atoms with van der Waals surface area (Å²) < 4.78 is 23.2. The molecule has 0 spiro atoms. The van der Waals surface area contributed by atoms with Gasteiger partial charge in [0, 0.05) is 24.8 Å². The maximum atomic E-state index is 12.9. The Bertz CT molecular complexity index is 376. The van der Waals surface area contributed by atoms with Gasteiger partial charge in [-0.3, -0.25) is 0 Å². The molecule has 0 bridgehead atoms. The van der Waals surface area contributed by atoms with Gasteiger partial charge in [-0.15, -0.1) is 0 Å². The maximum absolute atomic E-state index is 12.9. The molecule has 0 aliphatic rings. The zero-order chi connectivity index (χ0) is 14.1. The van der Waals surface area contributed by atoms with Gasteiger partial charge in [0.25, 0.3) is 0 Å². The van der Waals surface area contributed by atoms with E-state index in [1.807, 2.05) is 6.92 Å². The molecule has 5 heteroatoms. The van der Waals surface area contributed by atoms with Crippen LogP contribution in [-0.4, -0.2) is 33.5 Å². The fourth-order valence-corrected chi connectivity index (χ4v) is 2.03. The molecule has 1 unspecified atom stereocenters. The smallest absolute Gasteiger partial charge is 0.124 e. The number of halogens is 2. The topological polar surface area (TPSA) is 30.5 Å². The van der Waals surface area contributed by atoms with Gasteiger partial charge in [0.1, 0.15) is 5.82 Å². The van der Waals surface area contributed by atoms with Crippen molar-refractivity contribution in [2.45, 2.75) is 19.4 Å². The summed E-state index contributed by atoms with van der Waals surface area (Å²) in [6.07, 6.45) is 0.910. The molecular weight excluding hydrogens is 269 g/mol. The van der Waals surface area contributed by atoms with Gasteiger partial charge >= 0.3 is 0 Å². The van der Waals surface area contributed by atoms with E-state index >= 15 is 0 Å². The van der Waals surface area contributed by atoms with Crippen LogP contribution in [-0.2, 0) is 9.47 Å². The van der Waals surface area contributed by atoms with Crippen molar-refractivity contribution in [2.75, 3.05) is 33.5 Å². The SMILES string of the molecule is COCCOCCCNC(C)c1ccc(F)cc1Cl. The Hall–Kier alpha value is -0.680. The highest BCUT2D eigenvalue weighted by atomic mass is 35.5. The lowest BCUT2D eigenvalue weighted by atomic mass is 10.1. The first-order valence-electron chi connectivity index (χ1n) is 6.40. The highest BCUT2D eigenvalue weighted by molar-refractivity contribution is 6.31. The Kier molecular flexibility index (Phi) is 7.98. The average Bonchev–Trinajstić information content (AvgIpc) is 2.37. The third kappa shape index (κ3) is 6.34. The van der Waals surface area contributed by atoms with Gasteiger partial charge in [-0.05, 0) is 37.6 Å². The zero-order valence-electron chi connectivity index (χ0n) is 11.4. The number of hydrogen-bond donors (Lipinski definition) is 1. The zero-order valence-corrected chi connectivity index (χ0v) is 12.2. The molecule has 0 saturated carbocycles. The second-order valence-corrected chi connectivity index (χ2v) is 4.71. The van der Waals surface area contributed by atoms with Crippen molar-refractivity contribution in [3.05, 3.63) is 34.6 Å². The van der Waals surface area contributed by atoms with Gasteiger partial charge in [-0.2, -0.15) is 0 Å². The van der Waals surface area contributed by atoms with Gasteiger partial charge in [0.05, 0.1) is 13.2 Å².